The molecule has 2 aliphatic heterocycles. The van der Waals surface area contributed by atoms with Crippen LogP contribution in [-0.4, -0.2) is 148 Å². The van der Waals surface area contributed by atoms with Crippen molar-refractivity contribution in [2.45, 2.75) is 115 Å². The first-order valence-electron chi connectivity index (χ1n) is 20.5. The van der Waals surface area contributed by atoms with Crippen LogP contribution in [0, 0.1) is 5.92 Å². The van der Waals surface area contributed by atoms with E-state index in [0.29, 0.717) is 42.9 Å². The number of alkyl carbamates (subject to hydrolysis) is 1. The number of carbonyl (C=O) groups excluding carboxylic acids is 5. The second-order valence-corrected chi connectivity index (χ2v) is 15.4. The lowest BCUT2D eigenvalue weighted by atomic mass is 9.86. The lowest BCUT2D eigenvalue weighted by molar-refractivity contribution is -0.141. The summed E-state index contributed by atoms with van der Waals surface area (Å²) in [6.07, 6.45) is 16.1. The van der Waals surface area contributed by atoms with Crippen molar-refractivity contribution in [2.75, 3.05) is 56.1 Å². The van der Waals surface area contributed by atoms with E-state index in [1.807, 2.05) is 31.2 Å². The molecule has 0 spiro atoms. The Balaban J connectivity index is 0. The molecular weight excluding hydrogens is 824 g/mol. The summed E-state index contributed by atoms with van der Waals surface area (Å²) in [4.78, 5) is 68.3. The quantitative estimate of drug-likeness (QED) is 0.0354. The molecule has 2 fully saturated rings. The number of ether oxygens (including phenoxy) is 3. The van der Waals surface area contributed by atoms with Gasteiger partial charge >= 0.3 is 12.1 Å². The smallest absolute Gasteiger partial charge is 0.407 e. The summed E-state index contributed by atoms with van der Waals surface area (Å²) in [5.74, 6) is -0.214. The number of aliphatic carboxylic acids is 1. The van der Waals surface area contributed by atoms with Crippen molar-refractivity contribution in [2.24, 2.45) is 5.92 Å². The third-order valence-corrected chi connectivity index (χ3v) is 10.3. The van der Waals surface area contributed by atoms with Crippen molar-refractivity contribution in [1.82, 2.24) is 20.4 Å². The van der Waals surface area contributed by atoms with Crippen LogP contribution in [0.5, 0.6) is 5.75 Å². The summed E-state index contributed by atoms with van der Waals surface area (Å²) < 4.78 is 16.8. The average molecular weight is 898 g/mol. The average Bonchev–Trinajstić information content (AvgIpc) is 3.95. The summed E-state index contributed by atoms with van der Waals surface area (Å²) >= 11 is 6.10. The van der Waals surface area contributed by atoms with Crippen LogP contribution in [0.15, 0.2) is 54.2 Å². The number of methoxy groups -OCH3 is 1. The van der Waals surface area contributed by atoms with E-state index in [1.165, 1.54) is 17.7 Å². The maximum atomic E-state index is 12.2. The molecule has 6 atom stereocenters. The Morgan fingerprint density at radius 2 is 1.74 bits per heavy atom. The number of amides is 3. The summed E-state index contributed by atoms with van der Waals surface area (Å²) in [7, 11) is 10.4. The maximum absolute atomic E-state index is 12.2. The number of epoxide rings is 1. The van der Waals surface area contributed by atoms with Crippen molar-refractivity contribution in [1.29, 1.82) is 0 Å². The normalized spacial score (nSPS) is 19.8. The molecule has 5 unspecified atom stereocenters. The Hall–Kier alpha value is -4.61. The Labute approximate surface area is 373 Å². The summed E-state index contributed by atoms with van der Waals surface area (Å²) in [5, 5.41) is 28.5. The van der Waals surface area contributed by atoms with E-state index < -0.39 is 5.97 Å². The maximum Gasteiger partial charge on any atom is 0.407 e. The molecule has 5 N–H and O–H groups in total. The van der Waals surface area contributed by atoms with Gasteiger partial charge in [-0.25, -0.2) is 4.79 Å². The Morgan fingerprint density at radius 1 is 1.08 bits per heavy atom. The molecule has 2 saturated heterocycles. The van der Waals surface area contributed by atoms with Crippen LogP contribution in [0.2, 0.25) is 5.02 Å². The van der Waals surface area contributed by atoms with Crippen molar-refractivity contribution < 1.29 is 58.3 Å². The number of aliphatic hydroxyl groups is 2. The van der Waals surface area contributed by atoms with E-state index in [4.69, 9.17) is 41.1 Å². The molecule has 2 aliphatic rings. The minimum Gasteiger partial charge on any atom is -0.495 e. The molecule has 17 heteroatoms. The predicted octanol–water partition coefficient (Wildman–Crippen LogP) is 5.17. The van der Waals surface area contributed by atoms with Gasteiger partial charge in [0.2, 0.25) is 11.8 Å². The highest BCUT2D eigenvalue weighted by Crippen LogP contribution is 2.46. The molecule has 3 rings (SSSR count). The topological polar surface area (TPSA) is 225 Å². The number of unbranched alkanes of at least 4 members (excludes halogenated alkanes) is 3. The summed E-state index contributed by atoms with van der Waals surface area (Å²) in [5.41, 5.74) is 2.00. The molecule has 352 valence electrons. The number of hydrogen-bond donors (Lipinski definition) is 5. The number of rotatable bonds is 21. The molecule has 0 aromatic heterocycles. The number of halogens is 1. The lowest BCUT2D eigenvalue weighted by Gasteiger charge is -2.33. The highest BCUT2D eigenvalue weighted by atomic mass is 35.5. The van der Waals surface area contributed by atoms with Gasteiger partial charge in [-0.1, -0.05) is 54.8 Å². The van der Waals surface area contributed by atoms with Gasteiger partial charge in [0.1, 0.15) is 30.5 Å². The minimum absolute atomic E-state index is 0.00468. The number of nitrogens with zero attached hydrogens (tertiary/aromatic N) is 2. The van der Waals surface area contributed by atoms with Gasteiger partial charge in [0.05, 0.1) is 23.8 Å². The van der Waals surface area contributed by atoms with Gasteiger partial charge in [-0.05, 0) is 90.7 Å². The second kappa shape index (κ2) is 33.9. The molecule has 1 aromatic carbocycles. The number of carboxylic acid groups (broad SMARTS) is 1. The number of benzene rings is 1. The highest BCUT2D eigenvalue weighted by molar-refractivity contribution is 6.32. The van der Waals surface area contributed by atoms with E-state index >= 15 is 0 Å². The molecule has 16 nitrogen and oxygen atoms in total. The van der Waals surface area contributed by atoms with Crippen molar-refractivity contribution in [3.05, 3.63) is 64.7 Å². The Kier molecular flexibility index (Phi) is 32.6. The van der Waals surface area contributed by atoms with E-state index in [0.717, 1.165) is 64.6 Å². The Morgan fingerprint density at radius 3 is 2.29 bits per heavy atom. The second-order valence-electron chi connectivity index (χ2n) is 15.0. The van der Waals surface area contributed by atoms with Crippen LogP contribution < -0.4 is 15.4 Å². The SMILES string of the molecule is CC(C(=O)O)N(C)C.CN(CCCCCC=O)C(=O)/C=C\C=O.CNC(=O)CCC1(C)OC1[C@H](C)C1CC(C/C=C/C=C(\C)Cc2ccc(Cl)c(OC)c2)NC(=O)O1.CO.CO. The van der Waals surface area contributed by atoms with Gasteiger partial charge in [0.15, 0.2) is 0 Å². The fourth-order valence-corrected chi connectivity index (χ4v) is 6.20. The third kappa shape index (κ3) is 24.7. The van der Waals surface area contributed by atoms with Gasteiger partial charge in [0.25, 0.3) is 0 Å². The fourth-order valence-electron chi connectivity index (χ4n) is 6.01. The molecule has 1 aromatic rings. The molecule has 0 saturated carbocycles. The van der Waals surface area contributed by atoms with Crippen molar-refractivity contribution >= 4 is 48.1 Å². The first-order valence-corrected chi connectivity index (χ1v) is 20.9. The number of hydrogen-bond acceptors (Lipinski definition) is 12. The number of likely N-dealkylation sites (N-methyl/N-ethyl adjacent to an activating group) is 2. The van der Waals surface area contributed by atoms with Gasteiger partial charge in [-0.15, -0.1) is 0 Å². The first-order chi connectivity index (χ1) is 29.4. The molecule has 0 bridgehead atoms. The highest BCUT2D eigenvalue weighted by Gasteiger charge is 2.57. The van der Waals surface area contributed by atoms with Gasteiger partial charge in [0, 0.05) is 72.2 Å². The largest absolute Gasteiger partial charge is 0.495 e. The van der Waals surface area contributed by atoms with Crippen LogP contribution in [0.3, 0.4) is 0 Å². The van der Waals surface area contributed by atoms with Gasteiger partial charge in [-0.3, -0.25) is 24.1 Å². The van der Waals surface area contributed by atoms with Crippen molar-refractivity contribution in [3.8, 4) is 5.75 Å². The number of carboxylic acids is 1. The number of cyclic esters (lactones) is 1. The minimum atomic E-state index is -0.782. The van der Waals surface area contributed by atoms with Gasteiger partial charge < -0.3 is 49.9 Å². The van der Waals surface area contributed by atoms with Crippen LogP contribution in [0.1, 0.15) is 84.6 Å². The third-order valence-electron chi connectivity index (χ3n) is 10.0. The number of aliphatic hydroxyl groups excluding tert-OH is 2. The van der Waals surface area contributed by atoms with Crippen LogP contribution in [0.25, 0.3) is 0 Å². The zero-order valence-corrected chi connectivity index (χ0v) is 39.3. The standard InChI is InChI=1S/C27H37ClN2O5.C11H17NO3.C5H11NO2.2CH4O/c1-17(14-19-10-11-21(28)23(15-19)33-5)8-6-7-9-20-16-22(34-26(32)30-20)18(2)25-27(3,35-25)13-12-24(31)29-4;1-12(11(15)7-6-10-14)8-4-2-3-5-9-13;1-4(5(7)8)6(2)3;2*1-2/h6-8,10-11,15,18,20,22,25H,9,12-14,16H2,1-5H3,(H,29,31)(H,30,32);6-7,9-10H,2-5,8H2,1H3;4H,1-3H3,(H,7,8);2*2H,1H3/b7-6+,17-8+;7-6-;;;/t18-,20?,22?,25?,27?;;;;/m1..../s1. The number of allylic oxidation sites excluding steroid dienone is 4. The van der Waals surface area contributed by atoms with E-state index in [2.05, 4.69) is 36.6 Å². The van der Waals surface area contributed by atoms with E-state index in [-0.39, 0.29) is 53.7 Å². The molecule has 62 heavy (non-hydrogen) atoms. The van der Waals surface area contributed by atoms with E-state index in [1.54, 1.807) is 52.0 Å². The molecule has 0 radical (unpaired) electrons. The molecule has 3 amide bonds. The van der Waals surface area contributed by atoms with Crippen LogP contribution >= 0.6 is 11.6 Å². The first kappa shape index (κ1) is 59.5. The summed E-state index contributed by atoms with van der Waals surface area (Å²) in [6, 6.07) is 5.43. The zero-order chi connectivity index (χ0) is 47.8. The fraction of sp³-hybridized carbons (Fsp3) is 0.600. The summed E-state index contributed by atoms with van der Waals surface area (Å²) in [6.45, 7) is 8.46. The Bertz CT molecular complexity index is 1590. The van der Waals surface area contributed by atoms with Crippen LogP contribution in [0.4, 0.5) is 4.79 Å². The molecule has 0 aliphatic carbocycles. The lowest BCUT2D eigenvalue weighted by Crippen LogP contribution is -2.48. The van der Waals surface area contributed by atoms with Crippen LogP contribution in [-0.2, 0) is 39.9 Å². The molecule has 2 heterocycles. The van der Waals surface area contributed by atoms with Gasteiger partial charge in [-0.2, -0.15) is 0 Å². The molecular formula is C45H73ClN4O12. The number of aldehydes is 2. The predicted molar refractivity (Wildman–Crippen MR) is 241 cm³/mol. The van der Waals surface area contributed by atoms with E-state index in [9.17, 15) is 28.8 Å². The number of nitrogens with one attached hydrogen (secondary N) is 2. The monoisotopic (exact) mass is 896 g/mol. The van der Waals surface area contributed by atoms with Crippen molar-refractivity contribution in [3.63, 3.8) is 0 Å². The number of carbonyl (C=O) groups is 6. The zero-order valence-electron chi connectivity index (χ0n) is 38.5.